The molecule has 2 N–H and O–H groups in total. The second-order valence-electron chi connectivity index (χ2n) is 2.59. The first-order valence-corrected chi connectivity index (χ1v) is 3.30. The third kappa shape index (κ3) is 1.45. The maximum absolute atomic E-state index is 5.44. The Bertz CT molecular complexity index is 122. The van der Waals surface area contributed by atoms with Crippen molar-refractivity contribution in [3.8, 4) is 0 Å². The Balaban J connectivity index is 2.39. The lowest BCUT2D eigenvalue weighted by molar-refractivity contribution is 0.0762. The summed E-state index contributed by atoms with van der Waals surface area (Å²) in [5, 5.41) is 0. The van der Waals surface area contributed by atoms with Gasteiger partial charge < -0.3 is 10.5 Å². The Kier molecular flexibility index (Phi) is 1.76. The second kappa shape index (κ2) is 2.40. The molecule has 1 heterocycles. The van der Waals surface area contributed by atoms with Gasteiger partial charge in [0, 0.05) is 5.70 Å². The van der Waals surface area contributed by atoms with E-state index in [0.717, 1.165) is 12.8 Å². The van der Waals surface area contributed by atoms with Crippen LogP contribution in [0.1, 0.15) is 19.8 Å². The summed E-state index contributed by atoms with van der Waals surface area (Å²) in [5.74, 6) is 0. The SMILES string of the molecule is C=C(N)C1CCC(C)O1. The van der Waals surface area contributed by atoms with Crippen LogP contribution >= 0.6 is 0 Å². The predicted molar refractivity (Wildman–Crippen MR) is 36.9 cm³/mol. The Labute approximate surface area is 55.7 Å². The Morgan fingerprint density at radius 2 is 2.33 bits per heavy atom. The van der Waals surface area contributed by atoms with Crippen LogP contribution in [0, 0.1) is 0 Å². The summed E-state index contributed by atoms with van der Waals surface area (Å²) in [7, 11) is 0. The maximum Gasteiger partial charge on any atom is 0.0965 e. The Hall–Kier alpha value is -0.500. The molecule has 0 aliphatic carbocycles. The molecule has 9 heavy (non-hydrogen) atoms. The van der Waals surface area contributed by atoms with E-state index in [0.29, 0.717) is 11.8 Å². The molecular weight excluding hydrogens is 114 g/mol. The lowest BCUT2D eigenvalue weighted by Crippen LogP contribution is -2.16. The molecule has 52 valence electrons. The quantitative estimate of drug-likeness (QED) is 0.571. The molecule has 0 bridgehead atoms. The van der Waals surface area contributed by atoms with E-state index < -0.39 is 0 Å². The molecule has 1 aliphatic heterocycles. The molecule has 0 aromatic carbocycles. The first kappa shape index (κ1) is 6.62. The van der Waals surface area contributed by atoms with Gasteiger partial charge >= 0.3 is 0 Å². The molecule has 2 atom stereocenters. The van der Waals surface area contributed by atoms with Gasteiger partial charge in [0.25, 0.3) is 0 Å². The number of hydrogen-bond acceptors (Lipinski definition) is 2. The van der Waals surface area contributed by atoms with Gasteiger partial charge in [0.05, 0.1) is 12.2 Å². The Morgan fingerprint density at radius 1 is 1.67 bits per heavy atom. The zero-order chi connectivity index (χ0) is 6.85. The zero-order valence-electron chi connectivity index (χ0n) is 5.76. The molecule has 2 unspecified atom stereocenters. The number of rotatable bonds is 1. The number of hydrogen-bond donors (Lipinski definition) is 1. The first-order chi connectivity index (χ1) is 4.20. The van der Waals surface area contributed by atoms with Crippen molar-refractivity contribution in [1.82, 2.24) is 0 Å². The summed E-state index contributed by atoms with van der Waals surface area (Å²) in [6.07, 6.45) is 2.65. The summed E-state index contributed by atoms with van der Waals surface area (Å²) >= 11 is 0. The minimum atomic E-state index is 0.125. The molecule has 1 fully saturated rings. The summed E-state index contributed by atoms with van der Waals surface area (Å²) in [4.78, 5) is 0. The van der Waals surface area contributed by atoms with E-state index in [2.05, 4.69) is 13.5 Å². The van der Waals surface area contributed by atoms with Gasteiger partial charge in [-0.15, -0.1) is 0 Å². The van der Waals surface area contributed by atoms with Crippen LogP contribution in [0.25, 0.3) is 0 Å². The maximum atomic E-state index is 5.44. The van der Waals surface area contributed by atoms with Gasteiger partial charge in [0.15, 0.2) is 0 Å². The van der Waals surface area contributed by atoms with Gasteiger partial charge in [-0.2, -0.15) is 0 Å². The van der Waals surface area contributed by atoms with E-state index in [4.69, 9.17) is 10.5 Å². The van der Waals surface area contributed by atoms with E-state index in [1.807, 2.05) is 0 Å². The molecule has 2 nitrogen and oxygen atoms in total. The highest BCUT2D eigenvalue weighted by atomic mass is 16.5. The topological polar surface area (TPSA) is 35.2 Å². The van der Waals surface area contributed by atoms with Crippen molar-refractivity contribution >= 4 is 0 Å². The third-order valence-corrected chi connectivity index (χ3v) is 1.65. The van der Waals surface area contributed by atoms with Gasteiger partial charge in [0.2, 0.25) is 0 Å². The van der Waals surface area contributed by atoms with Crippen molar-refractivity contribution in [2.45, 2.75) is 32.0 Å². The standard InChI is InChI=1S/C7H13NO/c1-5-3-4-7(9-5)6(2)8/h5,7H,2-4,8H2,1H3. The lowest BCUT2D eigenvalue weighted by atomic mass is 10.2. The summed E-state index contributed by atoms with van der Waals surface area (Å²) < 4.78 is 5.40. The first-order valence-electron chi connectivity index (χ1n) is 3.30. The van der Waals surface area contributed by atoms with Crippen molar-refractivity contribution in [2.75, 3.05) is 0 Å². The predicted octanol–water partition coefficient (Wildman–Crippen LogP) is 1.03. The molecule has 1 aliphatic rings. The molecule has 0 aromatic heterocycles. The lowest BCUT2D eigenvalue weighted by Gasteiger charge is -2.08. The third-order valence-electron chi connectivity index (χ3n) is 1.65. The summed E-state index contributed by atoms with van der Waals surface area (Å²) in [5.41, 5.74) is 6.11. The van der Waals surface area contributed by atoms with Gasteiger partial charge in [-0.25, -0.2) is 0 Å². The van der Waals surface area contributed by atoms with Crippen LogP contribution in [0.3, 0.4) is 0 Å². The van der Waals surface area contributed by atoms with Gasteiger partial charge in [-0.1, -0.05) is 6.58 Å². The van der Waals surface area contributed by atoms with E-state index >= 15 is 0 Å². The molecular formula is C7H13NO. The smallest absolute Gasteiger partial charge is 0.0965 e. The fourth-order valence-corrected chi connectivity index (χ4v) is 1.08. The summed E-state index contributed by atoms with van der Waals surface area (Å²) in [6, 6.07) is 0. The van der Waals surface area contributed by atoms with E-state index in [-0.39, 0.29) is 6.10 Å². The molecule has 0 radical (unpaired) electrons. The number of ether oxygens (including phenoxy) is 1. The normalized spacial score (nSPS) is 34.8. The van der Waals surface area contributed by atoms with E-state index in [9.17, 15) is 0 Å². The Morgan fingerprint density at radius 3 is 2.56 bits per heavy atom. The van der Waals surface area contributed by atoms with Crippen molar-refractivity contribution in [3.05, 3.63) is 12.3 Å². The van der Waals surface area contributed by atoms with Crippen LogP contribution in [0.5, 0.6) is 0 Å². The van der Waals surface area contributed by atoms with Crippen LogP contribution < -0.4 is 5.73 Å². The molecule has 1 saturated heterocycles. The van der Waals surface area contributed by atoms with Crippen LogP contribution in [0.4, 0.5) is 0 Å². The van der Waals surface area contributed by atoms with Crippen molar-refractivity contribution in [1.29, 1.82) is 0 Å². The van der Waals surface area contributed by atoms with Gasteiger partial charge in [0.1, 0.15) is 0 Å². The molecule has 2 heteroatoms. The minimum Gasteiger partial charge on any atom is -0.400 e. The highest BCUT2D eigenvalue weighted by Gasteiger charge is 2.22. The molecule has 0 saturated carbocycles. The van der Waals surface area contributed by atoms with Crippen molar-refractivity contribution in [3.63, 3.8) is 0 Å². The molecule has 0 aromatic rings. The minimum absolute atomic E-state index is 0.125. The van der Waals surface area contributed by atoms with Crippen LogP contribution in [-0.4, -0.2) is 12.2 Å². The molecule has 0 amide bonds. The van der Waals surface area contributed by atoms with Crippen molar-refractivity contribution in [2.24, 2.45) is 5.73 Å². The zero-order valence-corrected chi connectivity index (χ0v) is 5.76. The highest BCUT2D eigenvalue weighted by Crippen LogP contribution is 2.21. The average Bonchev–Trinajstić information content (AvgIpc) is 2.14. The highest BCUT2D eigenvalue weighted by molar-refractivity contribution is 4.98. The van der Waals surface area contributed by atoms with Gasteiger partial charge in [-0.05, 0) is 19.8 Å². The fraction of sp³-hybridized carbons (Fsp3) is 0.714. The largest absolute Gasteiger partial charge is 0.400 e. The van der Waals surface area contributed by atoms with E-state index in [1.165, 1.54) is 0 Å². The van der Waals surface area contributed by atoms with Gasteiger partial charge in [-0.3, -0.25) is 0 Å². The van der Waals surface area contributed by atoms with E-state index in [1.54, 1.807) is 0 Å². The van der Waals surface area contributed by atoms with Crippen molar-refractivity contribution < 1.29 is 4.74 Å². The fourth-order valence-electron chi connectivity index (χ4n) is 1.08. The molecule has 0 spiro atoms. The van der Waals surface area contributed by atoms with Crippen LogP contribution in [0.2, 0.25) is 0 Å². The monoisotopic (exact) mass is 127 g/mol. The van der Waals surface area contributed by atoms with Crippen LogP contribution in [-0.2, 0) is 4.74 Å². The molecule has 1 rings (SSSR count). The average molecular weight is 127 g/mol. The number of nitrogens with two attached hydrogens (primary N) is 1. The van der Waals surface area contributed by atoms with Crippen LogP contribution in [0.15, 0.2) is 12.3 Å². The second-order valence-corrected chi connectivity index (χ2v) is 2.59. The summed E-state index contributed by atoms with van der Waals surface area (Å²) in [6.45, 7) is 5.68.